The third-order valence-electron chi connectivity index (χ3n) is 4.56. The molecule has 1 fully saturated rings. The van der Waals surface area contributed by atoms with Crippen LogP contribution in [-0.4, -0.2) is 50.2 Å². The molecule has 1 rings (SSSR count). The molecule has 0 spiro atoms. The number of hydrogen-bond acceptors (Lipinski definition) is 4. The molecule has 1 N–H and O–H groups in total. The fourth-order valence-corrected chi connectivity index (χ4v) is 2.73. The molecule has 2 atom stereocenters. The predicted octanol–water partition coefficient (Wildman–Crippen LogP) is 1.65. The number of esters is 1. The normalized spacial score (nSPS) is 21.9. The summed E-state index contributed by atoms with van der Waals surface area (Å²) >= 11 is 0. The first-order chi connectivity index (χ1) is 8.43. The molecule has 1 aliphatic carbocycles. The summed E-state index contributed by atoms with van der Waals surface area (Å²) in [6.07, 6.45) is 5.10. The van der Waals surface area contributed by atoms with Crippen molar-refractivity contribution in [3.8, 4) is 0 Å². The standard InChI is InChI=1S/C14H28N2O2/c1-11(13(17)18-5)12(2)15-10-14(16(3)4)8-6-7-9-14/h11-12,15H,6-10H2,1-5H3. The Labute approximate surface area is 111 Å². The van der Waals surface area contributed by atoms with Gasteiger partial charge in [-0.05, 0) is 33.9 Å². The molecule has 106 valence electrons. The number of likely N-dealkylation sites (N-methyl/N-ethyl adjacent to an activating group) is 1. The summed E-state index contributed by atoms with van der Waals surface area (Å²) in [6.45, 7) is 4.92. The smallest absolute Gasteiger partial charge is 0.309 e. The second kappa shape index (κ2) is 6.53. The van der Waals surface area contributed by atoms with Gasteiger partial charge in [0, 0.05) is 18.1 Å². The van der Waals surface area contributed by atoms with E-state index in [4.69, 9.17) is 4.74 Å². The molecule has 2 unspecified atom stereocenters. The van der Waals surface area contributed by atoms with Gasteiger partial charge in [0.1, 0.15) is 0 Å². The van der Waals surface area contributed by atoms with Crippen LogP contribution >= 0.6 is 0 Å². The lowest BCUT2D eigenvalue weighted by molar-refractivity contribution is -0.145. The van der Waals surface area contributed by atoms with Gasteiger partial charge in [-0.1, -0.05) is 19.8 Å². The van der Waals surface area contributed by atoms with Crippen LogP contribution in [0.1, 0.15) is 39.5 Å². The molecule has 0 heterocycles. The van der Waals surface area contributed by atoms with Gasteiger partial charge in [0.25, 0.3) is 0 Å². The third kappa shape index (κ3) is 3.45. The maximum atomic E-state index is 11.5. The van der Waals surface area contributed by atoms with Gasteiger partial charge in [-0.2, -0.15) is 0 Å². The first-order valence-corrected chi connectivity index (χ1v) is 6.91. The van der Waals surface area contributed by atoms with Crippen LogP contribution in [0.15, 0.2) is 0 Å². The minimum atomic E-state index is -0.139. The van der Waals surface area contributed by atoms with Crippen molar-refractivity contribution in [3.63, 3.8) is 0 Å². The van der Waals surface area contributed by atoms with Crippen LogP contribution in [-0.2, 0) is 9.53 Å². The predicted molar refractivity (Wildman–Crippen MR) is 73.5 cm³/mol. The van der Waals surface area contributed by atoms with Crippen molar-refractivity contribution in [2.75, 3.05) is 27.7 Å². The van der Waals surface area contributed by atoms with E-state index in [1.165, 1.54) is 32.8 Å². The van der Waals surface area contributed by atoms with E-state index >= 15 is 0 Å². The van der Waals surface area contributed by atoms with Crippen LogP contribution in [0.25, 0.3) is 0 Å². The minimum absolute atomic E-state index is 0.101. The van der Waals surface area contributed by atoms with Crippen LogP contribution in [0.5, 0.6) is 0 Å². The van der Waals surface area contributed by atoms with E-state index in [1.807, 2.05) is 6.92 Å². The largest absolute Gasteiger partial charge is 0.469 e. The van der Waals surface area contributed by atoms with Crippen LogP contribution in [0.2, 0.25) is 0 Å². The lowest BCUT2D eigenvalue weighted by Crippen LogP contribution is -2.52. The summed E-state index contributed by atoms with van der Waals surface area (Å²) in [7, 11) is 5.76. The molecule has 0 aromatic heterocycles. The number of nitrogens with one attached hydrogen (secondary N) is 1. The van der Waals surface area contributed by atoms with Crippen LogP contribution in [0, 0.1) is 5.92 Å². The van der Waals surface area contributed by atoms with Gasteiger partial charge in [0.2, 0.25) is 0 Å². The van der Waals surface area contributed by atoms with Gasteiger partial charge in [0.05, 0.1) is 13.0 Å². The Morgan fingerprint density at radius 1 is 1.33 bits per heavy atom. The number of hydrogen-bond donors (Lipinski definition) is 1. The highest BCUT2D eigenvalue weighted by atomic mass is 16.5. The van der Waals surface area contributed by atoms with E-state index in [-0.39, 0.29) is 23.5 Å². The molecule has 1 aliphatic rings. The number of methoxy groups -OCH3 is 1. The lowest BCUT2D eigenvalue weighted by atomic mass is 9.94. The average Bonchev–Trinajstić information content (AvgIpc) is 2.84. The summed E-state index contributed by atoms with van der Waals surface area (Å²) in [5.74, 6) is -0.240. The molecule has 0 amide bonds. The Kier molecular flexibility index (Phi) is 5.60. The maximum absolute atomic E-state index is 11.5. The molecule has 4 heteroatoms. The van der Waals surface area contributed by atoms with Crippen molar-refractivity contribution in [2.24, 2.45) is 5.92 Å². The van der Waals surface area contributed by atoms with Crippen molar-refractivity contribution in [2.45, 2.75) is 51.1 Å². The highest BCUT2D eigenvalue weighted by Crippen LogP contribution is 2.33. The molecule has 0 aliphatic heterocycles. The zero-order chi connectivity index (χ0) is 13.8. The summed E-state index contributed by atoms with van der Waals surface area (Å²) < 4.78 is 4.79. The second-order valence-corrected chi connectivity index (χ2v) is 5.81. The molecule has 0 aromatic rings. The molecule has 4 nitrogen and oxygen atoms in total. The second-order valence-electron chi connectivity index (χ2n) is 5.81. The lowest BCUT2D eigenvalue weighted by Gasteiger charge is -2.38. The highest BCUT2D eigenvalue weighted by molar-refractivity contribution is 5.72. The maximum Gasteiger partial charge on any atom is 0.309 e. The van der Waals surface area contributed by atoms with E-state index in [9.17, 15) is 4.79 Å². The van der Waals surface area contributed by atoms with Crippen molar-refractivity contribution in [3.05, 3.63) is 0 Å². The minimum Gasteiger partial charge on any atom is -0.469 e. The van der Waals surface area contributed by atoms with E-state index < -0.39 is 0 Å². The Balaban J connectivity index is 2.50. The average molecular weight is 256 g/mol. The molecular weight excluding hydrogens is 228 g/mol. The van der Waals surface area contributed by atoms with Gasteiger partial charge >= 0.3 is 5.97 Å². The zero-order valence-corrected chi connectivity index (χ0v) is 12.5. The number of rotatable bonds is 6. The Morgan fingerprint density at radius 2 is 1.89 bits per heavy atom. The fourth-order valence-electron chi connectivity index (χ4n) is 2.73. The van der Waals surface area contributed by atoms with Crippen LogP contribution in [0.4, 0.5) is 0 Å². The van der Waals surface area contributed by atoms with Crippen molar-refractivity contribution < 1.29 is 9.53 Å². The topological polar surface area (TPSA) is 41.6 Å². The number of carbonyl (C=O) groups excluding carboxylic acids is 1. The van der Waals surface area contributed by atoms with Gasteiger partial charge in [-0.3, -0.25) is 4.79 Å². The SMILES string of the molecule is COC(=O)C(C)C(C)NCC1(N(C)C)CCCC1. The van der Waals surface area contributed by atoms with Crippen LogP contribution in [0.3, 0.4) is 0 Å². The van der Waals surface area contributed by atoms with E-state index in [2.05, 4.69) is 31.2 Å². The summed E-state index contributed by atoms with van der Waals surface area (Å²) in [5.41, 5.74) is 0.268. The van der Waals surface area contributed by atoms with Crippen molar-refractivity contribution >= 4 is 5.97 Å². The summed E-state index contributed by atoms with van der Waals surface area (Å²) in [5, 5.41) is 3.52. The molecule has 18 heavy (non-hydrogen) atoms. The molecule has 0 radical (unpaired) electrons. The molecule has 0 saturated heterocycles. The molecule has 1 saturated carbocycles. The number of ether oxygens (including phenoxy) is 1. The van der Waals surface area contributed by atoms with Gasteiger partial charge in [-0.25, -0.2) is 0 Å². The Hall–Kier alpha value is -0.610. The first-order valence-electron chi connectivity index (χ1n) is 6.91. The van der Waals surface area contributed by atoms with E-state index in [1.54, 1.807) is 0 Å². The van der Waals surface area contributed by atoms with E-state index in [0.717, 1.165) is 6.54 Å². The summed E-state index contributed by atoms with van der Waals surface area (Å²) in [6, 6.07) is 0.148. The first kappa shape index (κ1) is 15.4. The molecule has 0 aromatic carbocycles. The quantitative estimate of drug-likeness (QED) is 0.734. The highest BCUT2D eigenvalue weighted by Gasteiger charge is 2.36. The van der Waals surface area contributed by atoms with Gasteiger partial charge in [-0.15, -0.1) is 0 Å². The van der Waals surface area contributed by atoms with Gasteiger partial charge in [0.15, 0.2) is 0 Å². The van der Waals surface area contributed by atoms with Crippen LogP contribution < -0.4 is 5.32 Å². The number of carbonyl (C=O) groups is 1. The zero-order valence-electron chi connectivity index (χ0n) is 12.5. The molecular formula is C14H28N2O2. The van der Waals surface area contributed by atoms with Crippen molar-refractivity contribution in [1.82, 2.24) is 10.2 Å². The fraction of sp³-hybridized carbons (Fsp3) is 0.929. The Bertz CT molecular complexity index is 273. The number of nitrogens with zero attached hydrogens (tertiary/aromatic N) is 1. The third-order valence-corrected chi connectivity index (χ3v) is 4.56. The van der Waals surface area contributed by atoms with E-state index in [0.29, 0.717) is 0 Å². The van der Waals surface area contributed by atoms with Gasteiger partial charge < -0.3 is 15.0 Å². The van der Waals surface area contributed by atoms with Crippen molar-refractivity contribution in [1.29, 1.82) is 0 Å². The summed E-state index contributed by atoms with van der Waals surface area (Å²) in [4.78, 5) is 13.8. The monoisotopic (exact) mass is 256 g/mol. The molecule has 0 bridgehead atoms. The Morgan fingerprint density at radius 3 is 2.33 bits per heavy atom.